The largest absolute Gasteiger partial charge is 0.455 e. The van der Waals surface area contributed by atoms with Crippen LogP contribution in [0.2, 0.25) is 0 Å². The van der Waals surface area contributed by atoms with Crippen molar-refractivity contribution in [2.75, 3.05) is 0 Å². The molecule has 1 heteroatoms. The molecule has 3 aromatic rings. The molecule has 1 aliphatic rings. The lowest BCUT2D eigenvalue weighted by Crippen LogP contribution is -1.86. The Morgan fingerprint density at radius 1 is 0.842 bits per heavy atom. The van der Waals surface area contributed by atoms with E-state index in [1.807, 2.05) is 12.1 Å². The normalized spacial score (nSPS) is 15.1. The molecule has 4 rings (SSSR count). The van der Waals surface area contributed by atoms with E-state index in [0.29, 0.717) is 0 Å². The molecule has 1 aliphatic carbocycles. The number of furan rings is 1. The van der Waals surface area contributed by atoms with Crippen molar-refractivity contribution in [3.05, 3.63) is 66.3 Å². The van der Waals surface area contributed by atoms with Gasteiger partial charge in [0.05, 0.1) is 0 Å². The summed E-state index contributed by atoms with van der Waals surface area (Å²) in [4.78, 5) is 0. The van der Waals surface area contributed by atoms with Gasteiger partial charge in [0.1, 0.15) is 11.2 Å². The van der Waals surface area contributed by atoms with Crippen molar-refractivity contribution in [1.82, 2.24) is 0 Å². The molecule has 0 amide bonds. The lowest BCUT2D eigenvalue weighted by Gasteiger charge is -2.07. The smallest absolute Gasteiger partial charge is 0.143 e. The van der Waals surface area contributed by atoms with Crippen LogP contribution >= 0.6 is 0 Å². The highest BCUT2D eigenvalue weighted by Gasteiger charge is 2.12. The average Bonchev–Trinajstić information content (AvgIpc) is 2.87. The summed E-state index contributed by atoms with van der Waals surface area (Å²) in [5.41, 5.74) is 4.44. The summed E-state index contributed by atoms with van der Waals surface area (Å²) < 4.78 is 6.06. The van der Waals surface area contributed by atoms with Crippen LogP contribution < -0.4 is 0 Å². The zero-order valence-electron chi connectivity index (χ0n) is 10.6. The summed E-state index contributed by atoms with van der Waals surface area (Å²) >= 11 is 0. The Balaban J connectivity index is 2.06. The number of para-hydroxylation sites is 2. The molecule has 0 bridgehead atoms. The Labute approximate surface area is 111 Å². The molecular weight excluding hydrogens is 232 g/mol. The Kier molecular flexibility index (Phi) is 2.31. The van der Waals surface area contributed by atoms with Gasteiger partial charge in [0, 0.05) is 16.3 Å². The van der Waals surface area contributed by atoms with E-state index in [-0.39, 0.29) is 0 Å². The van der Waals surface area contributed by atoms with Crippen molar-refractivity contribution >= 4 is 27.5 Å². The molecule has 2 aromatic carbocycles. The van der Waals surface area contributed by atoms with Crippen molar-refractivity contribution in [1.29, 1.82) is 0 Å². The summed E-state index contributed by atoms with van der Waals surface area (Å²) in [5.74, 6) is 0. The highest BCUT2D eigenvalue weighted by Crippen LogP contribution is 2.34. The topological polar surface area (TPSA) is 13.1 Å². The standard InChI is InChI=1S/C18H14O/c1-2-7-13(8-3-1)14-10-6-11-16-15-9-4-5-12-17(15)19-18(14)16/h2,4-12H,1,3H2. The first kappa shape index (κ1) is 10.6. The SMILES string of the molecule is C1=CC(c2cccc3c2oc2ccccc23)=CCC1. The monoisotopic (exact) mass is 246 g/mol. The minimum absolute atomic E-state index is 0.963. The van der Waals surface area contributed by atoms with Gasteiger partial charge in [-0.05, 0) is 24.5 Å². The van der Waals surface area contributed by atoms with Gasteiger partial charge in [-0.2, -0.15) is 0 Å². The zero-order valence-corrected chi connectivity index (χ0v) is 10.6. The molecule has 1 aromatic heterocycles. The van der Waals surface area contributed by atoms with E-state index in [1.165, 1.54) is 21.9 Å². The predicted octanol–water partition coefficient (Wildman–Crippen LogP) is 5.32. The molecule has 1 heterocycles. The molecule has 0 N–H and O–H groups in total. The Hall–Kier alpha value is -2.28. The number of hydrogen-bond acceptors (Lipinski definition) is 1. The van der Waals surface area contributed by atoms with Crippen molar-refractivity contribution in [2.24, 2.45) is 0 Å². The van der Waals surface area contributed by atoms with Crippen molar-refractivity contribution in [2.45, 2.75) is 12.8 Å². The molecule has 0 saturated heterocycles. The third-order valence-corrected chi connectivity index (χ3v) is 3.71. The molecule has 0 radical (unpaired) electrons. The summed E-state index contributed by atoms with van der Waals surface area (Å²) in [5, 5.41) is 2.40. The number of benzene rings is 2. The summed E-state index contributed by atoms with van der Waals surface area (Å²) in [6.45, 7) is 0. The van der Waals surface area contributed by atoms with E-state index in [4.69, 9.17) is 4.42 Å². The van der Waals surface area contributed by atoms with E-state index in [2.05, 4.69) is 48.6 Å². The van der Waals surface area contributed by atoms with Crippen LogP contribution in [0.25, 0.3) is 27.5 Å². The van der Waals surface area contributed by atoms with Crippen LogP contribution in [-0.4, -0.2) is 0 Å². The van der Waals surface area contributed by atoms with Gasteiger partial charge in [-0.1, -0.05) is 54.6 Å². The Morgan fingerprint density at radius 3 is 2.63 bits per heavy atom. The van der Waals surface area contributed by atoms with Crippen LogP contribution in [0.1, 0.15) is 18.4 Å². The third-order valence-electron chi connectivity index (χ3n) is 3.71. The fourth-order valence-corrected chi connectivity index (χ4v) is 2.79. The second kappa shape index (κ2) is 4.13. The van der Waals surface area contributed by atoms with Gasteiger partial charge in [0.15, 0.2) is 0 Å². The summed E-state index contributed by atoms with van der Waals surface area (Å²) in [6.07, 6.45) is 8.98. The molecule has 0 aliphatic heterocycles. The van der Waals surface area contributed by atoms with Crippen LogP contribution in [0, 0.1) is 0 Å². The Bertz CT molecular complexity index is 818. The van der Waals surface area contributed by atoms with Crippen molar-refractivity contribution in [3.8, 4) is 0 Å². The molecule has 92 valence electrons. The lowest BCUT2D eigenvalue weighted by molar-refractivity contribution is 0.667. The van der Waals surface area contributed by atoms with Gasteiger partial charge in [-0.3, -0.25) is 0 Å². The van der Waals surface area contributed by atoms with Gasteiger partial charge in [-0.25, -0.2) is 0 Å². The molecule has 0 saturated carbocycles. The first-order valence-corrected chi connectivity index (χ1v) is 6.71. The first-order chi connectivity index (χ1) is 9.43. The maximum atomic E-state index is 6.06. The average molecular weight is 246 g/mol. The van der Waals surface area contributed by atoms with Crippen LogP contribution in [0.15, 0.2) is 65.1 Å². The lowest BCUT2D eigenvalue weighted by atomic mass is 9.98. The molecule has 1 nitrogen and oxygen atoms in total. The number of fused-ring (bicyclic) bond motifs is 3. The second-order valence-electron chi connectivity index (χ2n) is 4.92. The second-order valence-corrected chi connectivity index (χ2v) is 4.92. The van der Waals surface area contributed by atoms with Crippen molar-refractivity contribution < 1.29 is 4.42 Å². The van der Waals surface area contributed by atoms with Crippen LogP contribution in [-0.2, 0) is 0 Å². The molecule has 19 heavy (non-hydrogen) atoms. The fourth-order valence-electron chi connectivity index (χ4n) is 2.79. The first-order valence-electron chi connectivity index (χ1n) is 6.71. The molecule has 0 unspecified atom stereocenters. The minimum Gasteiger partial charge on any atom is -0.455 e. The van der Waals surface area contributed by atoms with Gasteiger partial charge in [0.2, 0.25) is 0 Å². The maximum Gasteiger partial charge on any atom is 0.143 e. The van der Waals surface area contributed by atoms with E-state index < -0.39 is 0 Å². The van der Waals surface area contributed by atoms with Gasteiger partial charge in [0.25, 0.3) is 0 Å². The third kappa shape index (κ3) is 1.62. The van der Waals surface area contributed by atoms with E-state index in [0.717, 1.165) is 24.0 Å². The Morgan fingerprint density at radius 2 is 1.74 bits per heavy atom. The van der Waals surface area contributed by atoms with Crippen LogP contribution in [0.5, 0.6) is 0 Å². The maximum absolute atomic E-state index is 6.06. The molecule has 0 atom stereocenters. The number of rotatable bonds is 1. The van der Waals surface area contributed by atoms with Crippen LogP contribution in [0.3, 0.4) is 0 Å². The summed E-state index contributed by atoms with van der Waals surface area (Å²) in [7, 11) is 0. The molecular formula is C18H14O. The van der Waals surface area contributed by atoms with Gasteiger partial charge < -0.3 is 4.42 Å². The van der Waals surface area contributed by atoms with E-state index >= 15 is 0 Å². The van der Waals surface area contributed by atoms with E-state index in [1.54, 1.807) is 0 Å². The van der Waals surface area contributed by atoms with Gasteiger partial charge in [-0.15, -0.1) is 0 Å². The van der Waals surface area contributed by atoms with Crippen LogP contribution in [0.4, 0.5) is 0 Å². The minimum atomic E-state index is 0.963. The number of hydrogen-bond donors (Lipinski definition) is 0. The highest BCUT2D eigenvalue weighted by molar-refractivity contribution is 6.08. The van der Waals surface area contributed by atoms with Crippen molar-refractivity contribution in [3.63, 3.8) is 0 Å². The fraction of sp³-hybridized carbons (Fsp3) is 0.111. The molecule has 0 spiro atoms. The quantitative estimate of drug-likeness (QED) is 0.566. The number of allylic oxidation sites excluding steroid dienone is 4. The highest BCUT2D eigenvalue weighted by atomic mass is 16.3. The van der Waals surface area contributed by atoms with E-state index in [9.17, 15) is 0 Å². The summed E-state index contributed by atoms with van der Waals surface area (Å²) in [6, 6.07) is 14.6. The predicted molar refractivity (Wildman–Crippen MR) is 80.1 cm³/mol. The van der Waals surface area contributed by atoms with Gasteiger partial charge >= 0.3 is 0 Å². The zero-order chi connectivity index (χ0) is 12.7. The molecule has 0 fully saturated rings.